The van der Waals surface area contributed by atoms with Crippen LogP contribution in [0, 0.1) is 5.82 Å². The normalized spacial score (nSPS) is 20.0. The Hall–Kier alpha value is -3.98. The van der Waals surface area contributed by atoms with Gasteiger partial charge in [-0.3, -0.25) is 24.6 Å². The van der Waals surface area contributed by atoms with Gasteiger partial charge in [0.25, 0.3) is 5.91 Å². The second kappa shape index (κ2) is 9.96. The first-order valence-corrected chi connectivity index (χ1v) is 13.4. The lowest BCUT2D eigenvalue weighted by molar-refractivity contribution is -0.136. The number of carbonyl (C=O) groups is 3. The number of piperidine rings is 1. The standard InChI is InChI=1S/C30H32FN5O3/c1-33(2)23-6-5-20-13-19(3-4-21(20)14-23)17-34-9-11-35(12-10-34)27-15-22-18-36(30(39)24(22)16-25(27)31)26-7-8-28(37)32-29(26)38/h3-6,13-16,26H,7-12,17-18H2,1-2H3,(H,32,37,38). The Bertz CT molecular complexity index is 1480. The van der Waals surface area contributed by atoms with Crippen LogP contribution in [0.3, 0.4) is 0 Å². The molecule has 3 heterocycles. The molecular formula is C30H32FN5O3. The molecule has 2 saturated heterocycles. The smallest absolute Gasteiger partial charge is 0.255 e. The van der Waals surface area contributed by atoms with Gasteiger partial charge in [-0.05, 0) is 58.7 Å². The van der Waals surface area contributed by atoms with Gasteiger partial charge in [-0.2, -0.15) is 0 Å². The van der Waals surface area contributed by atoms with E-state index in [0.29, 0.717) is 24.3 Å². The van der Waals surface area contributed by atoms with Crippen LogP contribution < -0.4 is 15.1 Å². The SMILES string of the molecule is CN(C)c1ccc2cc(CN3CCN(c4cc5c(cc4F)C(=O)N(C4CCC(=O)NC4=O)C5)CC3)ccc2c1. The number of hydrogen-bond donors (Lipinski definition) is 1. The number of carbonyl (C=O) groups excluding carboxylic acids is 3. The summed E-state index contributed by atoms with van der Waals surface area (Å²) in [5.41, 5.74) is 3.95. The molecule has 3 aliphatic rings. The number of rotatable bonds is 5. The molecule has 3 amide bonds. The fraction of sp³-hybridized carbons (Fsp3) is 0.367. The summed E-state index contributed by atoms with van der Waals surface area (Å²) in [6.45, 7) is 4.04. The summed E-state index contributed by atoms with van der Waals surface area (Å²) in [4.78, 5) is 44.8. The second-order valence-corrected chi connectivity index (χ2v) is 10.9. The number of hydrogen-bond acceptors (Lipinski definition) is 6. The Morgan fingerprint density at radius 2 is 1.69 bits per heavy atom. The van der Waals surface area contributed by atoms with E-state index < -0.39 is 17.8 Å². The van der Waals surface area contributed by atoms with E-state index in [1.54, 1.807) is 6.07 Å². The molecule has 0 saturated carbocycles. The summed E-state index contributed by atoms with van der Waals surface area (Å²) in [5, 5.41) is 4.74. The number of piperazine rings is 1. The molecule has 8 nitrogen and oxygen atoms in total. The molecule has 1 N–H and O–H groups in total. The van der Waals surface area contributed by atoms with Gasteiger partial charge in [0, 0.05) is 71.0 Å². The van der Waals surface area contributed by atoms with Crippen molar-refractivity contribution in [3.8, 4) is 0 Å². The quantitative estimate of drug-likeness (QED) is 0.512. The minimum Gasteiger partial charge on any atom is -0.378 e. The number of nitrogens with one attached hydrogen (secondary N) is 1. The first kappa shape index (κ1) is 25.3. The van der Waals surface area contributed by atoms with E-state index in [1.165, 1.54) is 33.0 Å². The van der Waals surface area contributed by atoms with E-state index >= 15 is 4.39 Å². The maximum Gasteiger partial charge on any atom is 0.255 e. The van der Waals surface area contributed by atoms with Gasteiger partial charge in [-0.15, -0.1) is 0 Å². The highest BCUT2D eigenvalue weighted by Crippen LogP contribution is 2.33. The highest BCUT2D eigenvalue weighted by Gasteiger charge is 2.40. The number of imide groups is 1. The van der Waals surface area contributed by atoms with Crippen molar-refractivity contribution < 1.29 is 18.8 Å². The zero-order valence-electron chi connectivity index (χ0n) is 22.2. The van der Waals surface area contributed by atoms with E-state index in [0.717, 1.165) is 25.2 Å². The summed E-state index contributed by atoms with van der Waals surface area (Å²) >= 11 is 0. The highest BCUT2D eigenvalue weighted by molar-refractivity contribution is 6.05. The monoisotopic (exact) mass is 529 g/mol. The van der Waals surface area contributed by atoms with E-state index in [9.17, 15) is 14.4 Å². The molecule has 0 bridgehead atoms. The van der Waals surface area contributed by atoms with Crippen LogP contribution in [0.25, 0.3) is 10.8 Å². The number of benzene rings is 3. The average molecular weight is 530 g/mol. The number of anilines is 2. The Morgan fingerprint density at radius 3 is 2.44 bits per heavy atom. The maximum absolute atomic E-state index is 15.2. The lowest BCUT2D eigenvalue weighted by Gasteiger charge is -2.36. The first-order valence-electron chi connectivity index (χ1n) is 13.4. The molecule has 3 aliphatic heterocycles. The van der Waals surface area contributed by atoms with Crippen molar-refractivity contribution >= 4 is 39.9 Å². The molecule has 39 heavy (non-hydrogen) atoms. The van der Waals surface area contributed by atoms with Crippen LogP contribution in [0.2, 0.25) is 0 Å². The van der Waals surface area contributed by atoms with E-state index in [-0.39, 0.29) is 31.2 Å². The second-order valence-electron chi connectivity index (χ2n) is 10.9. The number of amides is 3. The summed E-state index contributed by atoms with van der Waals surface area (Å²) in [5.74, 6) is -1.57. The predicted octanol–water partition coefficient (Wildman–Crippen LogP) is 3.13. The Balaban J connectivity index is 1.11. The lowest BCUT2D eigenvalue weighted by Crippen LogP contribution is -2.52. The molecule has 0 radical (unpaired) electrons. The van der Waals surface area contributed by atoms with Crippen molar-refractivity contribution in [2.75, 3.05) is 50.1 Å². The molecule has 1 atom stereocenters. The van der Waals surface area contributed by atoms with E-state index in [2.05, 4.69) is 51.5 Å². The highest BCUT2D eigenvalue weighted by atomic mass is 19.1. The lowest BCUT2D eigenvalue weighted by atomic mass is 10.0. The number of halogens is 1. The summed E-state index contributed by atoms with van der Waals surface area (Å²) < 4.78 is 15.2. The van der Waals surface area contributed by atoms with Crippen molar-refractivity contribution in [3.63, 3.8) is 0 Å². The van der Waals surface area contributed by atoms with Gasteiger partial charge < -0.3 is 14.7 Å². The molecular weight excluding hydrogens is 497 g/mol. The average Bonchev–Trinajstić information content (AvgIpc) is 3.23. The van der Waals surface area contributed by atoms with Crippen LogP contribution in [0.4, 0.5) is 15.8 Å². The topological polar surface area (TPSA) is 76.2 Å². The molecule has 0 aliphatic carbocycles. The van der Waals surface area contributed by atoms with Gasteiger partial charge in [0.2, 0.25) is 11.8 Å². The third kappa shape index (κ3) is 4.83. The van der Waals surface area contributed by atoms with Gasteiger partial charge >= 0.3 is 0 Å². The van der Waals surface area contributed by atoms with Crippen molar-refractivity contribution in [2.24, 2.45) is 0 Å². The molecule has 3 aromatic rings. The summed E-state index contributed by atoms with van der Waals surface area (Å²) in [6.07, 6.45) is 0.479. The predicted molar refractivity (Wildman–Crippen MR) is 148 cm³/mol. The zero-order chi connectivity index (χ0) is 27.3. The number of nitrogens with zero attached hydrogens (tertiary/aromatic N) is 4. The third-order valence-corrected chi connectivity index (χ3v) is 8.11. The van der Waals surface area contributed by atoms with Gasteiger partial charge in [-0.25, -0.2) is 4.39 Å². The van der Waals surface area contributed by atoms with Crippen LogP contribution in [-0.4, -0.2) is 73.8 Å². The van der Waals surface area contributed by atoms with Gasteiger partial charge in [-0.1, -0.05) is 18.2 Å². The fourth-order valence-electron chi connectivity index (χ4n) is 5.88. The summed E-state index contributed by atoms with van der Waals surface area (Å²) in [6, 6.07) is 15.4. The van der Waals surface area contributed by atoms with Crippen molar-refractivity contribution in [1.29, 1.82) is 0 Å². The van der Waals surface area contributed by atoms with E-state index in [1.807, 2.05) is 19.0 Å². The van der Waals surface area contributed by atoms with Crippen LogP contribution >= 0.6 is 0 Å². The van der Waals surface area contributed by atoms with Crippen LogP contribution in [0.5, 0.6) is 0 Å². The third-order valence-electron chi connectivity index (χ3n) is 8.11. The molecule has 3 aromatic carbocycles. The van der Waals surface area contributed by atoms with Crippen molar-refractivity contribution in [2.45, 2.75) is 32.0 Å². The Morgan fingerprint density at radius 1 is 0.949 bits per heavy atom. The fourth-order valence-corrected chi connectivity index (χ4v) is 5.88. The largest absolute Gasteiger partial charge is 0.378 e. The first-order chi connectivity index (χ1) is 18.8. The minimum absolute atomic E-state index is 0.191. The molecule has 6 rings (SSSR count). The molecule has 0 aromatic heterocycles. The molecule has 1 unspecified atom stereocenters. The van der Waals surface area contributed by atoms with Gasteiger partial charge in [0.15, 0.2) is 0 Å². The minimum atomic E-state index is -0.706. The van der Waals surface area contributed by atoms with E-state index in [4.69, 9.17) is 0 Å². The summed E-state index contributed by atoms with van der Waals surface area (Å²) in [7, 11) is 4.08. The molecule has 202 valence electrons. The van der Waals surface area contributed by atoms with Crippen LogP contribution in [0.1, 0.15) is 34.3 Å². The molecule has 0 spiro atoms. The van der Waals surface area contributed by atoms with Gasteiger partial charge in [0.1, 0.15) is 11.9 Å². The number of fused-ring (bicyclic) bond motifs is 2. The van der Waals surface area contributed by atoms with Crippen LogP contribution in [0.15, 0.2) is 48.5 Å². The van der Waals surface area contributed by atoms with Crippen LogP contribution in [-0.2, 0) is 22.7 Å². The van der Waals surface area contributed by atoms with Crippen molar-refractivity contribution in [3.05, 3.63) is 71.0 Å². The molecule has 9 heteroatoms. The Labute approximate surface area is 227 Å². The Kier molecular flexibility index (Phi) is 6.46. The molecule has 2 fully saturated rings. The van der Waals surface area contributed by atoms with Crippen molar-refractivity contribution in [1.82, 2.24) is 15.1 Å². The maximum atomic E-state index is 15.2. The zero-order valence-corrected chi connectivity index (χ0v) is 22.2. The van der Waals surface area contributed by atoms with Gasteiger partial charge in [0.05, 0.1) is 5.69 Å².